The number of carbonyl (C=O) groups is 1. The number of halogens is 1. The molecular formula is C23H24ClNO2. The van der Waals surface area contributed by atoms with E-state index in [4.69, 9.17) is 16.3 Å². The molecule has 0 aliphatic carbocycles. The lowest BCUT2D eigenvalue weighted by Crippen LogP contribution is -2.21. The van der Waals surface area contributed by atoms with Crippen molar-refractivity contribution in [3.63, 3.8) is 0 Å². The second-order valence-electron chi connectivity index (χ2n) is 7.06. The van der Waals surface area contributed by atoms with Gasteiger partial charge in [0.2, 0.25) is 0 Å². The number of esters is 1. The summed E-state index contributed by atoms with van der Waals surface area (Å²) in [6.45, 7) is 4.26. The second kappa shape index (κ2) is 8.92. The minimum atomic E-state index is -0.304. The van der Waals surface area contributed by atoms with Crippen LogP contribution in [0.1, 0.15) is 36.5 Å². The van der Waals surface area contributed by atoms with Gasteiger partial charge in [-0.25, -0.2) is 0 Å². The molecule has 0 fully saturated rings. The Balaban J connectivity index is 1.61. The maximum atomic E-state index is 12.7. The summed E-state index contributed by atoms with van der Waals surface area (Å²) < 4.78 is 7.49. The first-order chi connectivity index (χ1) is 13.0. The molecule has 4 heteroatoms. The van der Waals surface area contributed by atoms with Crippen LogP contribution in [-0.2, 0) is 22.7 Å². The Hall–Kier alpha value is -2.52. The first-order valence-corrected chi connectivity index (χ1v) is 9.51. The number of nitrogens with zero attached hydrogens (tertiary/aromatic N) is 1. The molecule has 0 amide bonds. The van der Waals surface area contributed by atoms with Gasteiger partial charge in [-0.3, -0.25) is 4.79 Å². The molecule has 1 aromatic heterocycles. The predicted molar refractivity (Wildman–Crippen MR) is 109 cm³/mol. The van der Waals surface area contributed by atoms with Crippen LogP contribution in [0.25, 0.3) is 0 Å². The third-order valence-electron chi connectivity index (χ3n) is 4.57. The van der Waals surface area contributed by atoms with Crippen molar-refractivity contribution in [1.82, 2.24) is 4.57 Å². The molecule has 140 valence electrons. The number of ether oxygens (including phenoxy) is 1. The fraction of sp³-hybridized carbons (Fsp3) is 0.261. The summed E-state index contributed by atoms with van der Waals surface area (Å²) in [6, 6.07) is 19.8. The number of hydrogen-bond donors (Lipinski definition) is 0. The van der Waals surface area contributed by atoms with Crippen LogP contribution in [0, 0.1) is 5.92 Å². The summed E-state index contributed by atoms with van der Waals surface area (Å²) in [5.74, 6) is -0.385. The van der Waals surface area contributed by atoms with Gasteiger partial charge in [0.05, 0.1) is 5.92 Å². The smallest absolute Gasteiger partial charge is 0.315 e. The molecule has 1 atom stereocenters. The molecule has 1 heterocycles. The van der Waals surface area contributed by atoms with Gasteiger partial charge in [-0.05, 0) is 47.2 Å². The predicted octanol–water partition coefficient (Wildman–Crippen LogP) is 5.67. The van der Waals surface area contributed by atoms with Crippen LogP contribution in [0.3, 0.4) is 0 Å². The van der Waals surface area contributed by atoms with E-state index in [2.05, 4.69) is 18.2 Å². The lowest BCUT2D eigenvalue weighted by molar-refractivity contribution is -0.150. The summed E-state index contributed by atoms with van der Waals surface area (Å²) in [5, 5.41) is 0.660. The number of benzene rings is 2. The van der Waals surface area contributed by atoms with E-state index < -0.39 is 0 Å². The molecule has 1 unspecified atom stereocenters. The Labute approximate surface area is 165 Å². The SMILES string of the molecule is CC(C)C(C(=O)OCn1ccc(Cc2ccccc2)c1)c1ccc(Cl)cc1. The number of rotatable bonds is 7. The average molecular weight is 382 g/mol. The fourth-order valence-corrected chi connectivity index (χ4v) is 3.32. The van der Waals surface area contributed by atoms with E-state index in [1.54, 1.807) is 12.1 Å². The standard InChI is InChI=1S/C23H24ClNO2/c1-17(2)22(20-8-10-21(24)11-9-20)23(26)27-16-25-13-12-19(15-25)14-18-6-4-3-5-7-18/h3-13,15,17,22H,14,16H2,1-2H3. The molecule has 0 aliphatic rings. The zero-order valence-electron chi connectivity index (χ0n) is 15.6. The summed E-state index contributed by atoms with van der Waals surface area (Å²) >= 11 is 5.96. The molecule has 0 saturated heterocycles. The highest BCUT2D eigenvalue weighted by atomic mass is 35.5. The summed E-state index contributed by atoms with van der Waals surface area (Å²) in [4.78, 5) is 12.7. The summed E-state index contributed by atoms with van der Waals surface area (Å²) in [6.07, 6.45) is 4.83. The Morgan fingerprint density at radius 1 is 1.00 bits per heavy atom. The van der Waals surface area contributed by atoms with Gasteiger partial charge in [-0.2, -0.15) is 0 Å². The van der Waals surface area contributed by atoms with Gasteiger partial charge in [0.15, 0.2) is 6.73 Å². The van der Waals surface area contributed by atoms with Crippen LogP contribution in [-0.4, -0.2) is 10.5 Å². The van der Waals surface area contributed by atoms with Crippen molar-refractivity contribution in [1.29, 1.82) is 0 Å². The number of carbonyl (C=O) groups excluding carboxylic acids is 1. The molecule has 0 bridgehead atoms. The van der Waals surface area contributed by atoms with E-state index in [0.29, 0.717) is 5.02 Å². The second-order valence-corrected chi connectivity index (χ2v) is 7.50. The van der Waals surface area contributed by atoms with Crippen molar-refractivity contribution in [3.8, 4) is 0 Å². The highest BCUT2D eigenvalue weighted by Crippen LogP contribution is 2.27. The lowest BCUT2D eigenvalue weighted by Gasteiger charge is -2.20. The van der Waals surface area contributed by atoms with Gasteiger partial charge < -0.3 is 9.30 Å². The van der Waals surface area contributed by atoms with Crippen LogP contribution in [0.15, 0.2) is 73.1 Å². The molecule has 3 nitrogen and oxygen atoms in total. The molecule has 0 aliphatic heterocycles. The van der Waals surface area contributed by atoms with Crippen LogP contribution < -0.4 is 0 Å². The molecular weight excluding hydrogens is 358 g/mol. The largest absolute Gasteiger partial charge is 0.443 e. The Kier molecular flexibility index (Phi) is 6.36. The van der Waals surface area contributed by atoms with Crippen molar-refractivity contribution >= 4 is 17.6 Å². The van der Waals surface area contributed by atoms with Crippen LogP contribution in [0.2, 0.25) is 5.02 Å². The third-order valence-corrected chi connectivity index (χ3v) is 4.82. The zero-order valence-corrected chi connectivity index (χ0v) is 16.4. The Bertz CT molecular complexity index is 869. The normalized spacial score (nSPS) is 12.1. The van der Waals surface area contributed by atoms with Gasteiger partial charge in [0.1, 0.15) is 0 Å². The quantitative estimate of drug-likeness (QED) is 0.493. The molecule has 0 radical (unpaired) electrons. The van der Waals surface area contributed by atoms with Crippen molar-refractivity contribution < 1.29 is 9.53 Å². The lowest BCUT2D eigenvalue weighted by atomic mass is 9.88. The molecule has 0 N–H and O–H groups in total. The van der Waals surface area contributed by atoms with Crippen molar-refractivity contribution in [2.45, 2.75) is 32.9 Å². The zero-order chi connectivity index (χ0) is 19.2. The van der Waals surface area contributed by atoms with E-state index >= 15 is 0 Å². The van der Waals surface area contributed by atoms with Crippen molar-refractivity contribution in [3.05, 3.63) is 94.8 Å². The third kappa shape index (κ3) is 5.24. The maximum absolute atomic E-state index is 12.7. The molecule has 0 saturated carbocycles. The van der Waals surface area contributed by atoms with Crippen LogP contribution in [0.4, 0.5) is 0 Å². The first-order valence-electron chi connectivity index (χ1n) is 9.13. The van der Waals surface area contributed by atoms with Gasteiger partial charge in [0, 0.05) is 17.4 Å². The maximum Gasteiger partial charge on any atom is 0.315 e. The van der Waals surface area contributed by atoms with Gasteiger partial charge >= 0.3 is 5.97 Å². The molecule has 0 spiro atoms. The Morgan fingerprint density at radius 2 is 1.70 bits per heavy atom. The highest BCUT2D eigenvalue weighted by Gasteiger charge is 2.25. The minimum Gasteiger partial charge on any atom is -0.443 e. The minimum absolute atomic E-state index is 0.136. The topological polar surface area (TPSA) is 31.2 Å². The van der Waals surface area contributed by atoms with E-state index in [1.165, 1.54) is 11.1 Å². The number of aromatic nitrogens is 1. The molecule has 3 rings (SSSR count). The van der Waals surface area contributed by atoms with Gasteiger partial charge in [0.25, 0.3) is 0 Å². The van der Waals surface area contributed by atoms with Crippen molar-refractivity contribution in [2.75, 3.05) is 0 Å². The van der Waals surface area contributed by atoms with Gasteiger partial charge in [-0.1, -0.05) is 67.9 Å². The monoisotopic (exact) mass is 381 g/mol. The fourth-order valence-electron chi connectivity index (χ4n) is 3.20. The average Bonchev–Trinajstić information content (AvgIpc) is 3.10. The van der Waals surface area contributed by atoms with E-state index in [9.17, 15) is 4.79 Å². The number of hydrogen-bond acceptors (Lipinski definition) is 2. The van der Waals surface area contributed by atoms with E-state index in [0.717, 1.165) is 12.0 Å². The molecule has 27 heavy (non-hydrogen) atoms. The van der Waals surface area contributed by atoms with Crippen molar-refractivity contribution in [2.24, 2.45) is 5.92 Å². The summed E-state index contributed by atoms with van der Waals surface area (Å²) in [5.41, 5.74) is 3.38. The van der Waals surface area contributed by atoms with Crippen LogP contribution in [0.5, 0.6) is 0 Å². The van der Waals surface area contributed by atoms with Gasteiger partial charge in [-0.15, -0.1) is 0 Å². The Morgan fingerprint density at radius 3 is 2.37 bits per heavy atom. The van der Waals surface area contributed by atoms with E-state index in [1.807, 2.05) is 61.1 Å². The first kappa shape index (κ1) is 19.2. The highest BCUT2D eigenvalue weighted by molar-refractivity contribution is 6.30. The molecule has 3 aromatic rings. The van der Waals surface area contributed by atoms with E-state index in [-0.39, 0.29) is 24.5 Å². The summed E-state index contributed by atoms with van der Waals surface area (Å²) in [7, 11) is 0. The van der Waals surface area contributed by atoms with Crippen LogP contribution >= 0.6 is 11.6 Å². The molecule has 2 aromatic carbocycles.